The molecule has 0 radical (unpaired) electrons. The maximum Gasteiger partial charge on any atom is 0.337 e. The Morgan fingerprint density at radius 2 is 2.33 bits per heavy atom. The molecule has 1 aromatic rings. The van der Waals surface area contributed by atoms with Crippen molar-refractivity contribution in [1.29, 1.82) is 0 Å². The highest BCUT2D eigenvalue weighted by Crippen LogP contribution is 2.30. The Morgan fingerprint density at radius 3 is 3.00 bits per heavy atom. The standard InChI is InChI=1S/C11H13NO3/c1-15-11(14)6-2-3-8-7(4-6)5-9(13)10(8)12/h2-4,9-10,13H,5,12H2,1H3/t9-,10-/m1/s1. The van der Waals surface area contributed by atoms with Crippen LogP contribution in [0.2, 0.25) is 0 Å². The molecule has 15 heavy (non-hydrogen) atoms. The fourth-order valence-corrected chi connectivity index (χ4v) is 1.91. The number of ether oxygens (including phenoxy) is 1. The van der Waals surface area contributed by atoms with E-state index in [0.717, 1.165) is 11.1 Å². The van der Waals surface area contributed by atoms with Gasteiger partial charge in [0.25, 0.3) is 0 Å². The maximum absolute atomic E-state index is 11.3. The molecule has 0 saturated carbocycles. The second-order valence-corrected chi connectivity index (χ2v) is 3.70. The van der Waals surface area contributed by atoms with Gasteiger partial charge in [0.15, 0.2) is 0 Å². The summed E-state index contributed by atoms with van der Waals surface area (Å²) in [6.45, 7) is 0. The molecule has 1 aromatic carbocycles. The van der Waals surface area contributed by atoms with Crippen LogP contribution in [0, 0.1) is 0 Å². The summed E-state index contributed by atoms with van der Waals surface area (Å²) in [5, 5.41) is 9.56. The molecule has 3 N–H and O–H groups in total. The molecule has 0 saturated heterocycles. The molecule has 2 atom stereocenters. The van der Waals surface area contributed by atoms with E-state index in [9.17, 15) is 9.90 Å². The van der Waals surface area contributed by atoms with Crippen LogP contribution < -0.4 is 5.73 Å². The Kier molecular flexibility index (Phi) is 2.46. The summed E-state index contributed by atoms with van der Waals surface area (Å²) >= 11 is 0. The number of aliphatic hydroxyl groups excluding tert-OH is 1. The molecular formula is C11H13NO3. The van der Waals surface area contributed by atoms with Crippen LogP contribution in [0.5, 0.6) is 0 Å². The second-order valence-electron chi connectivity index (χ2n) is 3.70. The first-order chi connectivity index (χ1) is 7.13. The minimum atomic E-state index is -0.548. The number of carbonyl (C=O) groups is 1. The van der Waals surface area contributed by atoms with Gasteiger partial charge in [-0.2, -0.15) is 0 Å². The summed E-state index contributed by atoms with van der Waals surface area (Å²) in [6, 6.07) is 4.84. The van der Waals surface area contributed by atoms with Crippen molar-refractivity contribution in [2.45, 2.75) is 18.6 Å². The van der Waals surface area contributed by atoms with E-state index in [1.165, 1.54) is 7.11 Å². The largest absolute Gasteiger partial charge is 0.465 e. The number of aliphatic hydroxyl groups is 1. The Hall–Kier alpha value is -1.39. The quantitative estimate of drug-likeness (QED) is 0.653. The third-order valence-electron chi connectivity index (χ3n) is 2.77. The molecule has 0 unspecified atom stereocenters. The number of benzene rings is 1. The second kappa shape index (κ2) is 3.64. The minimum Gasteiger partial charge on any atom is -0.465 e. The number of nitrogens with two attached hydrogens (primary N) is 1. The first kappa shape index (κ1) is 10.1. The summed E-state index contributed by atoms with van der Waals surface area (Å²) in [6.07, 6.45) is -0.0469. The van der Waals surface area contributed by atoms with E-state index in [1.54, 1.807) is 18.2 Å². The fourth-order valence-electron chi connectivity index (χ4n) is 1.91. The summed E-state index contributed by atoms with van der Waals surface area (Å²) in [4.78, 5) is 11.3. The van der Waals surface area contributed by atoms with Gasteiger partial charge in [0.1, 0.15) is 0 Å². The van der Waals surface area contributed by atoms with Gasteiger partial charge in [-0.3, -0.25) is 0 Å². The van der Waals surface area contributed by atoms with Gasteiger partial charge in [-0.25, -0.2) is 4.79 Å². The number of methoxy groups -OCH3 is 1. The summed E-state index contributed by atoms with van der Waals surface area (Å²) in [5.74, 6) is -0.368. The molecule has 0 fully saturated rings. The van der Waals surface area contributed by atoms with Crippen LogP contribution in [-0.4, -0.2) is 24.3 Å². The van der Waals surface area contributed by atoms with Gasteiger partial charge in [0.2, 0.25) is 0 Å². The molecule has 0 amide bonds. The Bertz CT molecular complexity index is 403. The van der Waals surface area contributed by atoms with Gasteiger partial charge in [0, 0.05) is 6.42 Å². The molecule has 80 valence electrons. The van der Waals surface area contributed by atoms with Crippen LogP contribution >= 0.6 is 0 Å². The van der Waals surface area contributed by atoms with E-state index in [-0.39, 0.29) is 12.0 Å². The smallest absolute Gasteiger partial charge is 0.337 e. The van der Waals surface area contributed by atoms with E-state index in [1.807, 2.05) is 0 Å². The fraction of sp³-hybridized carbons (Fsp3) is 0.364. The van der Waals surface area contributed by atoms with Crippen molar-refractivity contribution in [2.75, 3.05) is 7.11 Å². The first-order valence-electron chi connectivity index (χ1n) is 4.78. The number of fused-ring (bicyclic) bond motifs is 1. The molecule has 0 heterocycles. The molecule has 1 aliphatic rings. The molecule has 2 rings (SSSR count). The molecule has 0 bridgehead atoms. The van der Waals surface area contributed by atoms with Gasteiger partial charge < -0.3 is 15.6 Å². The Labute approximate surface area is 87.7 Å². The van der Waals surface area contributed by atoms with Crippen molar-refractivity contribution in [3.05, 3.63) is 34.9 Å². The predicted octanol–water partition coefficient (Wildman–Crippen LogP) is 0.390. The number of esters is 1. The summed E-state index contributed by atoms with van der Waals surface area (Å²) < 4.78 is 4.62. The molecule has 4 heteroatoms. The Balaban J connectivity index is 2.37. The zero-order valence-electron chi connectivity index (χ0n) is 8.43. The zero-order chi connectivity index (χ0) is 11.0. The average molecular weight is 207 g/mol. The number of hydrogen-bond donors (Lipinski definition) is 2. The van der Waals surface area contributed by atoms with Crippen molar-refractivity contribution >= 4 is 5.97 Å². The number of rotatable bonds is 1. The lowest BCUT2D eigenvalue weighted by atomic mass is 10.1. The van der Waals surface area contributed by atoms with Gasteiger partial charge in [-0.15, -0.1) is 0 Å². The van der Waals surface area contributed by atoms with Crippen molar-refractivity contribution in [1.82, 2.24) is 0 Å². The third-order valence-corrected chi connectivity index (χ3v) is 2.77. The molecule has 0 aliphatic heterocycles. The average Bonchev–Trinajstić information content (AvgIpc) is 2.53. The lowest BCUT2D eigenvalue weighted by molar-refractivity contribution is 0.0600. The van der Waals surface area contributed by atoms with Gasteiger partial charge >= 0.3 is 5.97 Å². The van der Waals surface area contributed by atoms with E-state index in [0.29, 0.717) is 12.0 Å². The highest BCUT2D eigenvalue weighted by molar-refractivity contribution is 5.89. The Morgan fingerprint density at radius 1 is 1.60 bits per heavy atom. The number of carbonyl (C=O) groups excluding carboxylic acids is 1. The normalized spacial score (nSPS) is 23.7. The molecular weight excluding hydrogens is 194 g/mol. The van der Waals surface area contributed by atoms with Crippen LogP contribution in [-0.2, 0) is 11.2 Å². The van der Waals surface area contributed by atoms with Crippen LogP contribution in [0.3, 0.4) is 0 Å². The van der Waals surface area contributed by atoms with E-state index in [4.69, 9.17) is 5.73 Å². The highest BCUT2D eigenvalue weighted by atomic mass is 16.5. The van der Waals surface area contributed by atoms with Crippen molar-refractivity contribution in [3.63, 3.8) is 0 Å². The summed E-state index contributed by atoms with van der Waals surface area (Å²) in [7, 11) is 1.34. The monoisotopic (exact) mass is 207 g/mol. The SMILES string of the molecule is COC(=O)c1ccc2c(c1)C[C@@H](O)[C@@H]2N. The lowest BCUT2D eigenvalue weighted by Gasteiger charge is -2.08. The molecule has 0 aromatic heterocycles. The summed E-state index contributed by atoms with van der Waals surface area (Å²) in [5.41, 5.74) is 8.12. The molecule has 0 spiro atoms. The van der Waals surface area contributed by atoms with Crippen molar-refractivity contribution in [3.8, 4) is 0 Å². The van der Waals surface area contributed by atoms with Crippen molar-refractivity contribution < 1.29 is 14.6 Å². The predicted molar refractivity (Wildman–Crippen MR) is 54.4 cm³/mol. The van der Waals surface area contributed by atoms with Crippen molar-refractivity contribution in [2.24, 2.45) is 5.73 Å². The maximum atomic E-state index is 11.3. The van der Waals surface area contributed by atoms with Gasteiger partial charge in [-0.05, 0) is 23.3 Å². The highest BCUT2D eigenvalue weighted by Gasteiger charge is 2.28. The van der Waals surface area contributed by atoms with Crippen LogP contribution in [0.25, 0.3) is 0 Å². The minimum absolute atomic E-state index is 0.341. The molecule has 4 nitrogen and oxygen atoms in total. The zero-order valence-corrected chi connectivity index (χ0v) is 8.43. The van der Waals surface area contributed by atoms with Crippen LogP contribution in [0.4, 0.5) is 0 Å². The third kappa shape index (κ3) is 1.62. The van der Waals surface area contributed by atoms with E-state index in [2.05, 4.69) is 4.74 Å². The first-order valence-corrected chi connectivity index (χ1v) is 4.78. The van der Waals surface area contributed by atoms with E-state index < -0.39 is 6.10 Å². The van der Waals surface area contributed by atoms with Gasteiger partial charge in [0.05, 0.1) is 24.8 Å². The number of hydrogen-bond acceptors (Lipinski definition) is 4. The van der Waals surface area contributed by atoms with E-state index >= 15 is 0 Å². The lowest BCUT2D eigenvalue weighted by Crippen LogP contribution is -2.21. The topological polar surface area (TPSA) is 72.5 Å². The molecule has 1 aliphatic carbocycles. The van der Waals surface area contributed by atoms with Gasteiger partial charge in [-0.1, -0.05) is 6.07 Å². The van der Waals surface area contributed by atoms with Crippen LogP contribution in [0.15, 0.2) is 18.2 Å². The van der Waals surface area contributed by atoms with Crippen LogP contribution in [0.1, 0.15) is 27.5 Å².